The number of hydrogen-bond donors (Lipinski definition) is 2. The lowest BCUT2D eigenvalue weighted by Crippen LogP contribution is -2.46. The van der Waals surface area contributed by atoms with Gasteiger partial charge in [-0.3, -0.25) is 9.89 Å². The largest absolute Gasteiger partial charge is 0.497 e. The molecule has 2 aliphatic rings. The minimum atomic E-state index is 0.400. The van der Waals surface area contributed by atoms with Gasteiger partial charge in [0.2, 0.25) is 0 Å². The standard InChI is InChI=1S/C24H32N4O2/c1-25-24(26-14-19-12-18-6-4-5-7-23(18)19)27-20-8-9-28(16-20)15-17-10-21(29-2)13-22(11-17)30-3/h4-7,10-11,13,19-20H,8-9,12,14-16H2,1-3H3,(H2,25,26,27). The second kappa shape index (κ2) is 9.39. The van der Waals surface area contributed by atoms with Crippen LogP contribution >= 0.6 is 0 Å². The number of ether oxygens (including phenoxy) is 2. The van der Waals surface area contributed by atoms with Gasteiger partial charge in [0.05, 0.1) is 14.2 Å². The maximum atomic E-state index is 5.40. The molecule has 6 nitrogen and oxygen atoms in total. The average Bonchev–Trinajstić information content (AvgIpc) is 3.19. The van der Waals surface area contributed by atoms with Crippen molar-refractivity contribution in [1.29, 1.82) is 0 Å². The van der Waals surface area contributed by atoms with Gasteiger partial charge in [-0.15, -0.1) is 0 Å². The van der Waals surface area contributed by atoms with Crippen LogP contribution in [0.4, 0.5) is 0 Å². The molecule has 2 aromatic carbocycles. The van der Waals surface area contributed by atoms with Crippen molar-refractivity contribution in [3.8, 4) is 11.5 Å². The van der Waals surface area contributed by atoms with Gasteiger partial charge in [0, 0.05) is 51.3 Å². The molecule has 1 heterocycles. The van der Waals surface area contributed by atoms with E-state index >= 15 is 0 Å². The van der Waals surface area contributed by atoms with E-state index in [4.69, 9.17) is 9.47 Å². The number of hydrogen-bond acceptors (Lipinski definition) is 4. The van der Waals surface area contributed by atoms with Crippen molar-refractivity contribution in [1.82, 2.24) is 15.5 Å². The number of benzene rings is 2. The Morgan fingerprint density at radius 2 is 1.90 bits per heavy atom. The van der Waals surface area contributed by atoms with Crippen LogP contribution in [0.15, 0.2) is 47.5 Å². The van der Waals surface area contributed by atoms with Crippen LogP contribution in [0.2, 0.25) is 0 Å². The molecule has 2 N–H and O–H groups in total. The summed E-state index contributed by atoms with van der Waals surface area (Å²) in [5.41, 5.74) is 4.16. The lowest BCUT2D eigenvalue weighted by molar-refractivity contribution is 0.321. The monoisotopic (exact) mass is 408 g/mol. The van der Waals surface area contributed by atoms with Gasteiger partial charge in [-0.1, -0.05) is 24.3 Å². The first-order chi connectivity index (χ1) is 14.7. The third-order valence-corrected chi connectivity index (χ3v) is 6.13. The van der Waals surface area contributed by atoms with Gasteiger partial charge in [-0.25, -0.2) is 0 Å². The topological polar surface area (TPSA) is 58.1 Å². The highest BCUT2D eigenvalue weighted by atomic mass is 16.5. The van der Waals surface area contributed by atoms with E-state index in [2.05, 4.69) is 56.9 Å². The Hall–Kier alpha value is -2.73. The van der Waals surface area contributed by atoms with Crippen molar-refractivity contribution in [2.75, 3.05) is 40.9 Å². The summed E-state index contributed by atoms with van der Waals surface area (Å²) >= 11 is 0. The van der Waals surface area contributed by atoms with E-state index in [1.807, 2.05) is 13.1 Å². The maximum absolute atomic E-state index is 5.40. The van der Waals surface area contributed by atoms with Crippen LogP contribution in [-0.2, 0) is 13.0 Å². The minimum Gasteiger partial charge on any atom is -0.497 e. The lowest BCUT2D eigenvalue weighted by atomic mass is 9.78. The van der Waals surface area contributed by atoms with Gasteiger partial charge < -0.3 is 20.1 Å². The smallest absolute Gasteiger partial charge is 0.191 e. The number of guanidine groups is 1. The molecule has 2 aromatic rings. The zero-order valence-corrected chi connectivity index (χ0v) is 18.1. The van der Waals surface area contributed by atoms with E-state index in [1.165, 1.54) is 16.7 Å². The summed E-state index contributed by atoms with van der Waals surface area (Å²) in [6.07, 6.45) is 2.26. The summed E-state index contributed by atoms with van der Waals surface area (Å²) in [7, 11) is 5.23. The summed E-state index contributed by atoms with van der Waals surface area (Å²) in [5.74, 6) is 3.15. The second-order valence-corrected chi connectivity index (χ2v) is 8.14. The molecule has 1 aliphatic carbocycles. The van der Waals surface area contributed by atoms with Gasteiger partial charge in [-0.2, -0.15) is 0 Å². The van der Waals surface area contributed by atoms with Crippen LogP contribution in [-0.4, -0.2) is 57.8 Å². The molecule has 160 valence electrons. The maximum Gasteiger partial charge on any atom is 0.191 e. The van der Waals surface area contributed by atoms with Crippen LogP contribution in [0.3, 0.4) is 0 Å². The molecule has 1 fully saturated rings. The molecule has 2 atom stereocenters. The highest BCUT2D eigenvalue weighted by Crippen LogP contribution is 2.34. The quantitative estimate of drug-likeness (QED) is 0.545. The Morgan fingerprint density at radius 1 is 1.13 bits per heavy atom. The molecule has 0 amide bonds. The van der Waals surface area contributed by atoms with Crippen molar-refractivity contribution in [3.05, 3.63) is 59.2 Å². The molecule has 0 saturated carbocycles. The van der Waals surface area contributed by atoms with Gasteiger partial charge in [0.25, 0.3) is 0 Å². The third kappa shape index (κ3) is 4.70. The first-order valence-electron chi connectivity index (χ1n) is 10.7. The molecule has 1 aliphatic heterocycles. The Morgan fingerprint density at radius 3 is 2.60 bits per heavy atom. The number of likely N-dealkylation sites (tertiary alicyclic amines) is 1. The summed E-state index contributed by atoms with van der Waals surface area (Å²) in [4.78, 5) is 6.89. The third-order valence-electron chi connectivity index (χ3n) is 6.13. The molecule has 1 saturated heterocycles. The van der Waals surface area contributed by atoms with Gasteiger partial charge in [-0.05, 0) is 41.7 Å². The van der Waals surface area contributed by atoms with E-state index in [0.717, 1.165) is 56.5 Å². The summed E-state index contributed by atoms with van der Waals surface area (Å²) < 4.78 is 10.8. The Kier molecular flexibility index (Phi) is 6.43. The number of fused-ring (bicyclic) bond motifs is 1. The van der Waals surface area contributed by atoms with Crippen molar-refractivity contribution < 1.29 is 9.47 Å². The van der Waals surface area contributed by atoms with Crippen molar-refractivity contribution in [3.63, 3.8) is 0 Å². The molecule has 0 bridgehead atoms. The summed E-state index contributed by atoms with van der Waals surface area (Å²) in [6.45, 7) is 3.87. The molecule has 4 rings (SSSR count). The van der Waals surface area contributed by atoms with E-state index < -0.39 is 0 Å². The highest BCUT2D eigenvalue weighted by Gasteiger charge is 2.27. The van der Waals surface area contributed by atoms with E-state index in [1.54, 1.807) is 14.2 Å². The minimum absolute atomic E-state index is 0.400. The number of methoxy groups -OCH3 is 2. The molecule has 0 radical (unpaired) electrons. The Bertz CT molecular complexity index is 876. The summed E-state index contributed by atoms with van der Waals surface area (Å²) in [5, 5.41) is 7.12. The van der Waals surface area contributed by atoms with E-state index in [-0.39, 0.29) is 0 Å². The predicted molar refractivity (Wildman–Crippen MR) is 121 cm³/mol. The molecule has 0 aromatic heterocycles. The predicted octanol–water partition coefficient (Wildman–Crippen LogP) is 2.78. The Balaban J connectivity index is 1.26. The van der Waals surface area contributed by atoms with Crippen LogP contribution in [0, 0.1) is 0 Å². The number of aliphatic imine (C=N–C) groups is 1. The molecule has 0 spiro atoms. The van der Waals surface area contributed by atoms with Gasteiger partial charge in [0.15, 0.2) is 5.96 Å². The molecule has 6 heteroatoms. The highest BCUT2D eigenvalue weighted by molar-refractivity contribution is 5.80. The first kappa shape index (κ1) is 20.5. The zero-order chi connectivity index (χ0) is 20.9. The van der Waals surface area contributed by atoms with Crippen LogP contribution < -0.4 is 20.1 Å². The van der Waals surface area contributed by atoms with Gasteiger partial charge >= 0.3 is 0 Å². The van der Waals surface area contributed by atoms with Gasteiger partial charge in [0.1, 0.15) is 11.5 Å². The molecule has 2 unspecified atom stereocenters. The normalized spacial score (nSPS) is 21.0. The second-order valence-electron chi connectivity index (χ2n) is 8.14. The van der Waals surface area contributed by atoms with Crippen molar-refractivity contribution >= 4 is 5.96 Å². The fraction of sp³-hybridized carbons (Fsp3) is 0.458. The van der Waals surface area contributed by atoms with E-state index in [9.17, 15) is 0 Å². The van der Waals surface area contributed by atoms with Crippen molar-refractivity contribution in [2.45, 2.75) is 31.3 Å². The number of nitrogens with zero attached hydrogens (tertiary/aromatic N) is 2. The number of nitrogens with one attached hydrogen (secondary N) is 2. The van der Waals surface area contributed by atoms with Crippen molar-refractivity contribution in [2.24, 2.45) is 4.99 Å². The summed E-state index contributed by atoms with van der Waals surface area (Å²) in [6, 6.07) is 15.2. The van der Waals surface area contributed by atoms with Crippen LogP contribution in [0.1, 0.15) is 29.0 Å². The van der Waals surface area contributed by atoms with Crippen LogP contribution in [0.25, 0.3) is 0 Å². The lowest BCUT2D eigenvalue weighted by Gasteiger charge is -2.31. The fourth-order valence-corrected chi connectivity index (χ4v) is 4.46. The SMILES string of the molecule is CN=C(NCC1Cc2ccccc21)NC1CCN(Cc2cc(OC)cc(OC)c2)C1. The molecular formula is C24H32N4O2. The van der Waals surface area contributed by atoms with E-state index in [0.29, 0.717) is 12.0 Å². The molecule has 30 heavy (non-hydrogen) atoms. The number of rotatable bonds is 7. The fourth-order valence-electron chi connectivity index (χ4n) is 4.46. The zero-order valence-electron chi connectivity index (χ0n) is 18.1. The van der Waals surface area contributed by atoms with Crippen LogP contribution in [0.5, 0.6) is 11.5 Å². The molecular weight excluding hydrogens is 376 g/mol. The Labute approximate surface area is 179 Å². The first-order valence-corrected chi connectivity index (χ1v) is 10.7. The average molecular weight is 409 g/mol.